The number of rotatable bonds is 3. The minimum Gasteiger partial charge on any atom is -0.497 e. The lowest BCUT2D eigenvalue weighted by Crippen LogP contribution is -2.05. The fraction of sp³-hybridized carbons (Fsp3) is 0.182. The Morgan fingerprint density at radius 2 is 2.12 bits per heavy atom. The molecule has 0 amide bonds. The zero-order chi connectivity index (χ0) is 12.6. The van der Waals surface area contributed by atoms with Gasteiger partial charge in [0.2, 0.25) is 9.84 Å². The number of methoxy groups -OCH3 is 1. The van der Waals surface area contributed by atoms with Crippen molar-refractivity contribution in [3.63, 3.8) is 0 Å². The monoisotopic (exact) mass is 254 g/mol. The first-order chi connectivity index (χ1) is 7.95. The molecule has 17 heavy (non-hydrogen) atoms. The Balaban J connectivity index is 2.52. The second kappa shape index (κ2) is 3.89. The van der Waals surface area contributed by atoms with Gasteiger partial charge in [-0.1, -0.05) is 0 Å². The lowest BCUT2D eigenvalue weighted by atomic mass is 10.2. The van der Waals surface area contributed by atoms with Gasteiger partial charge in [-0.05, 0) is 29.8 Å². The molecule has 1 aliphatic heterocycles. The molecule has 2 rings (SSSR count). The van der Waals surface area contributed by atoms with E-state index in [1.165, 1.54) is 19.3 Å². The summed E-state index contributed by atoms with van der Waals surface area (Å²) < 4.78 is 28.9. The number of ether oxygens (including phenoxy) is 1. The number of fused-ring (bicyclic) bond motifs is 1. The van der Waals surface area contributed by atoms with Crippen LogP contribution in [0.1, 0.15) is 12.0 Å². The lowest BCUT2D eigenvalue weighted by molar-refractivity contribution is -0.136. The molecular formula is C11H10O5S. The number of aliphatic carboxylic acids is 1. The molecule has 0 bridgehead atoms. The number of hydrogen-bond donors (Lipinski definition) is 1. The molecule has 0 radical (unpaired) electrons. The summed E-state index contributed by atoms with van der Waals surface area (Å²) in [6.07, 6.45) is 0.886. The summed E-state index contributed by atoms with van der Waals surface area (Å²) in [6, 6.07) is 4.63. The maximum Gasteiger partial charge on any atom is 0.308 e. The topological polar surface area (TPSA) is 80.7 Å². The van der Waals surface area contributed by atoms with Crippen molar-refractivity contribution in [3.05, 3.63) is 28.7 Å². The van der Waals surface area contributed by atoms with Crippen LogP contribution >= 0.6 is 0 Å². The van der Waals surface area contributed by atoms with Crippen molar-refractivity contribution in [2.24, 2.45) is 0 Å². The van der Waals surface area contributed by atoms with E-state index in [0.717, 1.165) is 0 Å². The van der Waals surface area contributed by atoms with Crippen LogP contribution in [0.15, 0.2) is 28.0 Å². The normalized spacial score (nSPS) is 16.2. The first-order valence-corrected chi connectivity index (χ1v) is 6.29. The fourth-order valence-electron chi connectivity index (χ4n) is 1.68. The van der Waals surface area contributed by atoms with E-state index >= 15 is 0 Å². The lowest BCUT2D eigenvalue weighted by Gasteiger charge is -2.04. The standard InChI is InChI=1S/C11H10O5S/c1-16-8-3-2-7-4-9(6-11(12)13)17(14,15)10(7)5-8/h2-5H,6H2,1H3,(H,12,13). The van der Waals surface area contributed by atoms with Gasteiger partial charge in [-0.2, -0.15) is 0 Å². The largest absolute Gasteiger partial charge is 0.497 e. The second-order valence-electron chi connectivity index (χ2n) is 3.59. The molecule has 5 nitrogen and oxygen atoms in total. The van der Waals surface area contributed by atoms with Crippen LogP contribution in [0.2, 0.25) is 0 Å². The quantitative estimate of drug-likeness (QED) is 0.879. The third-order valence-corrected chi connectivity index (χ3v) is 4.38. The fourth-order valence-corrected chi connectivity index (χ4v) is 3.27. The minimum absolute atomic E-state index is 0.0896. The molecule has 0 unspecified atom stereocenters. The van der Waals surface area contributed by atoms with E-state index in [1.54, 1.807) is 12.1 Å². The van der Waals surface area contributed by atoms with Gasteiger partial charge >= 0.3 is 5.97 Å². The summed E-state index contributed by atoms with van der Waals surface area (Å²) in [7, 11) is -2.23. The Bertz CT molecular complexity index is 613. The Kier molecular flexibility index (Phi) is 2.66. The zero-order valence-corrected chi connectivity index (χ0v) is 9.82. The highest BCUT2D eigenvalue weighted by atomic mass is 32.2. The van der Waals surface area contributed by atoms with E-state index in [1.807, 2.05) is 0 Å². The first kappa shape index (κ1) is 11.7. The minimum atomic E-state index is -3.67. The Labute approximate surface area is 98.3 Å². The first-order valence-electron chi connectivity index (χ1n) is 4.80. The van der Waals surface area contributed by atoms with Gasteiger partial charge in [-0.15, -0.1) is 0 Å². The van der Waals surface area contributed by atoms with Crippen LogP contribution in [0, 0.1) is 0 Å². The van der Waals surface area contributed by atoms with Crippen molar-refractivity contribution in [1.29, 1.82) is 0 Å². The van der Waals surface area contributed by atoms with Crippen LogP contribution in [0.25, 0.3) is 6.08 Å². The summed E-state index contributed by atoms with van der Waals surface area (Å²) in [4.78, 5) is 10.6. The number of sulfone groups is 1. The van der Waals surface area contributed by atoms with Crippen LogP contribution in [0.4, 0.5) is 0 Å². The predicted molar refractivity (Wildman–Crippen MR) is 60.4 cm³/mol. The highest BCUT2D eigenvalue weighted by Crippen LogP contribution is 2.36. The molecule has 90 valence electrons. The second-order valence-corrected chi connectivity index (χ2v) is 5.56. The zero-order valence-electron chi connectivity index (χ0n) is 9.00. The van der Waals surface area contributed by atoms with Gasteiger partial charge in [0.15, 0.2) is 0 Å². The van der Waals surface area contributed by atoms with Crippen LogP contribution < -0.4 is 4.74 Å². The van der Waals surface area contributed by atoms with E-state index in [0.29, 0.717) is 11.3 Å². The number of hydrogen-bond acceptors (Lipinski definition) is 4. The summed E-state index contributed by atoms with van der Waals surface area (Å²) in [5.41, 5.74) is 0.502. The number of carboxylic acid groups (broad SMARTS) is 1. The van der Waals surface area contributed by atoms with Gasteiger partial charge in [0.25, 0.3) is 0 Å². The summed E-state index contributed by atoms with van der Waals surface area (Å²) in [5.74, 6) is -0.739. The molecule has 0 spiro atoms. The maximum absolute atomic E-state index is 12.0. The third-order valence-electron chi connectivity index (χ3n) is 2.50. The van der Waals surface area contributed by atoms with Gasteiger partial charge < -0.3 is 9.84 Å². The smallest absolute Gasteiger partial charge is 0.308 e. The number of carboxylic acids is 1. The van der Waals surface area contributed by atoms with Crippen molar-refractivity contribution >= 4 is 21.9 Å². The Morgan fingerprint density at radius 3 is 2.71 bits per heavy atom. The number of carbonyl (C=O) groups is 1. The van der Waals surface area contributed by atoms with Crippen molar-refractivity contribution in [2.75, 3.05) is 7.11 Å². The van der Waals surface area contributed by atoms with E-state index in [2.05, 4.69) is 0 Å². The van der Waals surface area contributed by atoms with Crippen molar-refractivity contribution < 1.29 is 23.1 Å². The SMILES string of the molecule is COc1ccc2c(c1)S(=O)(=O)C(CC(=O)O)=C2. The number of benzene rings is 1. The highest BCUT2D eigenvalue weighted by Gasteiger charge is 2.31. The molecule has 1 heterocycles. The van der Waals surface area contributed by atoms with Gasteiger partial charge in [0.1, 0.15) is 5.75 Å². The molecule has 0 aliphatic carbocycles. The van der Waals surface area contributed by atoms with E-state index < -0.39 is 22.2 Å². The Morgan fingerprint density at radius 1 is 1.41 bits per heavy atom. The van der Waals surface area contributed by atoms with Crippen molar-refractivity contribution in [2.45, 2.75) is 11.3 Å². The molecule has 0 saturated carbocycles. The molecule has 0 aromatic heterocycles. The summed E-state index contributed by atoms with van der Waals surface area (Å²) in [6.45, 7) is 0. The molecule has 1 N–H and O–H groups in total. The average molecular weight is 254 g/mol. The molecule has 1 aliphatic rings. The van der Waals surface area contributed by atoms with E-state index in [9.17, 15) is 13.2 Å². The molecule has 0 fully saturated rings. The van der Waals surface area contributed by atoms with Gasteiger partial charge in [0, 0.05) is 0 Å². The van der Waals surface area contributed by atoms with Crippen LogP contribution in [-0.2, 0) is 14.6 Å². The van der Waals surface area contributed by atoms with Crippen LogP contribution in [-0.4, -0.2) is 26.6 Å². The summed E-state index contributed by atoms with van der Waals surface area (Å²) in [5, 5.41) is 8.66. The highest BCUT2D eigenvalue weighted by molar-refractivity contribution is 7.95. The molecule has 1 aromatic rings. The molecular weight excluding hydrogens is 244 g/mol. The van der Waals surface area contributed by atoms with Gasteiger partial charge in [-0.3, -0.25) is 4.79 Å². The maximum atomic E-state index is 12.0. The molecule has 6 heteroatoms. The predicted octanol–water partition coefficient (Wildman–Crippen LogP) is 1.30. The molecule has 0 atom stereocenters. The van der Waals surface area contributed by atoms with E-state index in [-0.39, 0.29) is 9.80 Å². The average Bonchev–Trinajstić information content (AvgIpc) is 2.50. The van der Waals surface area contributed by atoms with Gasteiger partial charge in [-0.25, -0.2) is 8.42 Å². The van der Waals surface area contributed by atoms with Crippen LogP contribution in [0.3, 0.4) is 0 Å². The summed E-state index contributed by atoms with van der Waals surface area (Å²) >= 11 is 0. The third kappa shape index (κ3) is 1.91. The Hall–Kier alpha value is -1.82. The van der Waals surface area contributed by atoms with Crippen molar-refractivity contribution in [1.82, 2.24) is 0 Å². The van der Waals surface area contributed by atoms with Crippen LogP contribution in [0.5, 0.6) is 5.75 Å². The van der Waals surface area contributed by atoms with E-state index in [4.69, 9.17) is 9.84 Å². The molecule has 0 saturated heterocycles. The van der Waals surface area contributed by atoms with Gasteiger partial charge in [0.05, 0.1) is 23.3 Å². The molecule has 1 aromatic carbocycles. The van der Waals surface area contributed by atoms with Crippen molar-refractivity contribution in [3.8, 4) is 5.75 Å².